The first kappa shape index (κ1) is 12.9. The molecule has 2 nitrogen and oxygen atoms in total. The minimum atomic E-state index is 0.317. The summed E-state index contributed by atoms with van der Waals surface area (Å²) in [4.78, 5) is 2.86. The van der Waals surface area contributed by atoms with Crippen molar-refractivity contribution in [1.82, 2.24) is 5.32 Å². The first-order valence-corrected chi connectivity index (χ1v) is 7.65. The van der Waals surface area contributed by atoms with E-state index in [9.17, 15) is 0 Å². The molecule has 1 aromatic heterocycles. The fraction of sp³-hybridized carbons (Fsp3) is 0.375. The van der Waals surface area contributed by atoms with Gasteiger partial charge in [-0.2, -0.15) is 0 Å². The van der Waals surface area contributed by atoms with Crippen molar-refractivity contribution in [2.75, 3.05) is 6.61 Å². The highest BCUT2D eigenvalue weighted by molar-refractivity contribution is 7.11. The van der Waals surface area contributed by atoms with E-state index < -0.39 is 0 Å². The molecule has 1 N–H and O–H groups in total. The standard InChI is InChI=1S/C16H19NOS/c1-2-13-7-8-14(19-13)9-17-16-11-18-10-12-5-3-4-6-15(12)16/h3-8,16-17H,2,9-11H2,1H3. The normalized spacial score (nSPS) is 18.3. The van der Waals surface area contributed by atoms with Gasteiger partial charge in [-0.05, 0) is 29.7 Å². The lowest BCUT2D eigenvalue weighted by Gasteiger charge is -2.26. The second-order valence-electron chi connectivity index (χ2n) is 4.87. The van der Waals surface area contributed by atoms with Gasteiger partial charge < -0.3 is 10.1 Å². The van der Waals surface area contributed by atoms with Crippen molar-refractivity contribution < 1.29 is 4.74 Å². The summed E-state index contributed by atoms with van der Waals surface area (Å²) in [6.45, 7) is 4.64. The zero-order valence-corrected chi connectivity index (χ0v) is 12.0. The Labute approximate surface area is 118 Å². The molecule has 100 valence electrons. The largest absolute Gasteiger partial charge is 0.375 e. The average molecular weight is 273 g/mol. The molecule has 1 unspecified atom stereocenters. The van der Waals surface area contributed by atoms with Gasteiger partial charge in [-0.15, -0.1) is 11.3 Å². The maximum atomic E-state index is 5.66. The van der Waals surface area contributed by atoms with Crippen LogP contribution in [-0.2, 0) is 24.3 Å². The number of nitrogens with one attached hydrogen (secondary N) is 1. The zero-order chi connectivity index (χ0) is 13.1. The van der Waals surface area contributed by atoms with E-state index in [1.807, 2.05) is 11.3 Å². The van der Waals surface area contributed by atoms with Gasteiger partial charge in [-0.1, -0.05) is 31.2 Å². The molecular weight excluding hydrogens is 254 g/mol. The lowest BCUT2D eigenvalue weighted by Crippen LogP contribution is -2.29. The summed E-state index contributed by atoms with van der Waals surface area (Å²) in [6, 6.07) is 13.3. The minimum absolute atomic E-state index is 0.317. The average Bonchev–Trinajstić information content (AvgIpc) is 2.93. The van der Waals surface area contributed by atoms with Crippen molar-refractivity contribution in [2.45, 2.75) is 32.5 Å². The van der Waals surface area contributed by atoms with Gasteiger partial charge in [-0.25, -0.2) is 0 Å². The third-order valence-corrected chi connectivity index (χ3v) is 4.79. The van der Waals surface area contributed by atoms with Crippen LogP contribution >= 0.6 is 11.3 Å². The lowest BCUT2D eigenvalue weighted by atomic mass is 9.99. The summed E-state index contributed by atoms with van der Waals surface area (Å²) in [7, 11) is 0. The van der Waals surface area contributed by atoms with E-state index >= 15 is 0 Å². The Morgan fingerprint density at radius 1 is 1.21 bits per heavy atom. The smallest absolute Gasteiger partial charge is 0.0721 e. The quantitative estimate of drug-likeness (QED) is 0.917. The molecule has 0 radical (unpaired) electrons. The van der Waals surface area contributed by atoms with Crippen molar-refractivity contribution in [3.63, 3.8) is 0 Å². The van der Waals surface area contributed by atoms with Crippen LogP contribution in [-0.4, -0.2) is 6.61 Å². The topological polar surface area (TPSA) is 21.3 Å². The maximum absolute atomic E-state index is 5.66. The zero-order valence-electron chi connectivity index (χ0n) is 11.2. The molecule has 0 aliphatic carbocycles. The predicted octanol–water partition coefficient (Wildman–Crippen LogP) is 3.67. The van der Waals surface area contributed by atoms with Gasteiger partial charge in [0.25, 0.3) is 0 Å². The van der Waals surface area contributed by atoms with Crippen LogP contribution in [0.25, 0.3) is 0 Å². The van der Waals surface area contributed by atoms with Gasteiger partial charge in [0.2, 0.25) is 0 Å². The minimum Gasteiger partial charge on any atom is -0.375 e. The van der Waals surface area contributed by atoms with Gasteiger partial charge in [0.15, 0.2) is 0 Å². The summed E-state index contributed by atoms with van der Waals surface area (Å²) in [5, 5.41) is 3.62. The highest BCUT2D eigenvalue weighted by Crippen LogP contribution is 2.25. The second-order valence-corrected chi connectivity index (χ2v) is 6.12. The van der Waals surface area contributed by atoms with Crippen LogP contribution in [0.5, 0.6) is 0 Å². The van der Waals surface area contributed by atoms with Gasteiger partial charge >= 0.3 is 0 Å². The molecule has 0 amide bonds. The second kappa shape index (κ2) is 5.87. The van der Waals surface area contributed by atoms with E-state index in [0.717, 1.165) is 26.2 Å². The molecule has 2 heterocycles. The van der Waals surface area contributed by atoms with Crippen LogP contribution < -0.4 is 5.32 Å². The van der Waals surface area contributed by atoms with Crippen LogP contribution in [0, 0.1) is 0 Å². The van der Waals surface area contributed by atoms with Gasteiger partial charge in [-0.3, -0.25) is 0 Å². The summed E-state index contributed by atoms with van der Waals surface area (Å²) in [5.41, 5.74) is 2.70. The predicted molar refractivity (Wildman–Crippen MR) is 79.4 cm³/mol. The number of thiophene rings is 1. The van der Waals surface area contributed by atoms with Crippen molar-refractivity contribution >= 4 is 11.3 Å². The molecule has 0 spiro atoms. The van der Waals surface area contributed by atoms with E-state index in [1.54, 1.807) is 0 Å². The van der Waals surface area contributed by atoms with E-state index in [1.165, 1.54) is 20.9 Å². The number of rotatable bonds is 4. The summed E-state index contributed by atoms with van der Waals surface area (Å²) in [6.07, 6.45) is 1.13. The molecule has 2 aromatic rings. The molecule has 0 fully saturated rings. The molecule has 3 rings (SSSR count). The number of fused-ring (bicyclic) bond motifs is 1. The monoisotopic (exact) mass is 273 g/mol. The van der Waals surface area contributed by atoms with Crippen molar-refractivity contribution in [2.24, 2.45) is 0 Å². The van der Waals surface area contributed by atoms with Gasteiger partial charge in [0, 0.05) is 16.3 Å². The Hall–Kier alpha value is -1.16. The maximum Gasteiger partial charge on any atom is 0.0721 e. The van der Waals surface area contributed by atoms with Crippen molar-refractivity contribution in [3.8, 4) is 0 Å². The van der Waals surface area contributed by atoms with Crippen LogP contribution in [0.15, 0.2) is 36.4 Å². The molecule has 19 heavy (non-hydrogen) atoms. The highest BCUT2D eigenvalue weighted by Gasteiger charge is 2.19. The molecule has 1 aliphatic rings. The van der Waals surface area contributed by atoms with E-state index in [2.05, 4.69) is 48.6 Å². The Morgan fingerprint density at radius 3 is 2.89 bits per heavy atom. The van der Waals surface area contributed by atoms with Crippen LogP contribution in [0.1, 0.15) is 33.8 Å². The van der Waals surface area contributed by atoms with Crippen LogP contribution in [0.2, 0.25) is 0 Å². The molecular formula is C16H19NOS. The summed E-state index contributed by atoms with van der Waals surface area (Å²) >= 11 is 1.90. The van der Waals surface area contributed by atoms with Crippen LogP contribution in [0.3, 0.4) is 0 Å². The highest BCUT2D eigenvalue weighted by atomic mass is 32.1. The van der Waals surface area contributed by atoms with Crippen LogP contribution in [0.4, 0.5) is 0 Å². The van der Waals surface area contributed by atoms with E-state index in [-0.39, 0.29) is 0 Å². The fourth-order valence-corrected chi connectivity index (χ4v) is 3.39. The SMILES string of the molecule is CCc1ccc(CNC2COCc3ccccc32)s1. The van der Waals surface area contributed by atoms with Gasteiger partial charge in [0.1, 0.15) is 0 Å². The fourth-order valence-electron chi connectivity index (χ4n) is 2.48. The number of ether oxygens (including phenoxy) is 1. The van der Waals surface area contributed by atoms with E-state index in [0.29, 0.717) is 6.04 Å². The first-order valence-electron chi connectivity index (χ1n) is 6.83. The lowest BCUT2D eigenvalue weighted by molar-refractivity contribution is 0.0817. The molecule has 1 aliphatic heterocycles. The van der Waals surface area contributed by atoms with E-state index in [4.69, 9.17) is 4.74 Å². The third-order valence-electron chi connectivity index (χ3n) is 3.56. The number of aryl methyl sites for hydroxylation is 1. The first-order chi connectivity index (χ1) is 9.36. The Morgan fingerprint density at radius 2 is 2.05 bits per heavy atom. The molecule has 0 bridgehead atoms. The number of hydrogen-bond donors (Lipinski definition) is 1. The number of hydrogen-bond acceptors (Lipinski definition) is 3. The Bertz CT molecular complexity index is 549. The van der Waals surface area contributed by atoms with Crippen molar-refractivity contribution in [3.05, 3.63) is 57.3 Å². The van der Waals surface area contributed by atoms with Crippen molar-refractivity contribution in [1.29, 1.82) is 0 Å². The summed E-state index contributed by atoms with van der Waals surface area (Å²) < 4.78 is 5.66. The molecule has 0 saturated heterocycles. The molecule has 1 aromatic carbocycles. The Kier molecular flexibility index (Phi) is 3.97. The molecule has 3 heteroatoms. The number of benzene rings is 1. The third kappa shape index (κ3) is 2.89. The molecule has 1 atom stereocenters. The van der Waals surface area contributed by atoms with Gasteiger partial charge in [0.05, 0.1) is 19.3 Å². The Balaban J connectivity index is 1.68. The molecule has 0 saturated carbocycles. The summed E-state index contributed by atoms with van der Waals surface area (Å²) in [5.74, 6) is 0.